The number of nitrogens with one attached hydrogen (secondary N) is 1. The Kier molecular flexibility index (Phi) is 4.46. The molecule has 98 valence electrons. The fourth-order valence-corrected chi connectivity index (χ4v) is 2.66. The number of nitriles is 1. The number of nitrogens with two attached hydrogens (primary N) is 1. The van der Waals surface area contributed by atoms with Crippen molar-refractivity contribution in [3.05, 3.63) is 35.4 Å². The fraction of sp³-hybridized carbons (Fsp3) is 0.417. The molecule has 0 radical (unpaired) electrons. The van der Waals surface area contributed by atoms with Gasteiger partial charge in [-0.3, -0.25) is 0 Å². The molecule has 1 aromatic rings. The SMILES string of the molecule is CC(C)(N)CNS(=O)(=O)Cc1ccccc1C#N. The highest BCUT2D eigenvalue weighted by Gasteiger charge is 2.18. The van der Waals surface area contributed by atoms with E-state index in [1.54, 1.807) is 38.1 Å². The van der Waals surface area contributed by atoms with Crippen LogP contribution in [0, 0.1) is 11.3 Å². The molecule has 0 aliphatic heterocycles. The van der Waals surface area contributed by atoms with Crippen molar-refractivity contribution >= 4 is 10.0 Å². The topological polar surface area (TPSA) is 96.0 Å². The highest BCUT2D eigenvalue weighted by atomic mass is 32.2. The van der Waals surface area contributed by atoms with E-state index in [-0.39, 0.29) is 12.3 Å². The van der Waals surface area contributed by atoms with Gasteiger partial charge in [0, 0.05) is 12.1 Å². The zero-order chi connectivity index (χ0) is 13.8. The first-order valence-corrected chi connectivity index (χ1v) is 7.13. The van der Waals surface area contributed by atoms with Gasteiger partial charge >= 0.3 is 0 Å². The summed E-state index contributed by atoms with van der Waals surface area (Å²) < 4.78 is 26.1. The molecule has 0 spiro atoms. The third-order valence-electron chi connectivity index (χ3n) is 2.23. The number of rotatable bonds is 5. The largest absolute Gasteiger partial charge is 0.324 e. The minimum Gasteiger partial charge on any atom is -0.324 e. The maximum atomic E-state index is 11.8. The zero-order valence-electron chi connectivity index (χ0n) is 10.5. The normalized spacial score (nSPS) is 12.1. The van der Waals surface area contributed by atoms with E-state index in [0.717, 1.165) is 0 Å². The fourth-order valence-electron chi connectivity index (χ4n) is 1.31. The lowest BCUT2D eigenvalue weighted by atomic mass is 10.1. The Bertz CT molecular complexity index is 553. The number of sulfonamides is 1. The zero-order valence-corrected chi connectivity index (χ0v) is 11.3. The van der Waals surface area contributed by atoms with Gasteiger partial charge < -0.3 is 5.73 Å². The van der Waals surface area contributed by atoms with Gasteiger partial charge in [-0.2, -0.15) is 5.26 Å². The highest BCUT2D eigenvalue weighted by Crippen LogP contribution is 2.11. The first-order chi connectivity index (χ1) is 8.23. The molecule has 0 atom stereocenters. The molecule has 0 fully saturated rings. The predicted molar refractivity (Wildman–Crippen MR) is 70.0 cm³/mol. The van der Waals surface area contributed by atoms with Crippen LogP contribution in [0.25, 0.3) is 0 Å². The molecule has 0 saturated carbocycles. The predicted octanol–water partition coefficient (Wildman–Crippen LogP) is 0.715. The molecule has 1 aromatic carbocycles. The van der Waals surface area contributed by atoms with E-state index in [0.29, 0.717) is 11.1 Å². The van der Waals surface area contributed by atoms with Crippen molar-refractivity contribution in [3.63, 3.8) is 0 Å². The van der Waals surface area contributed by atoms with Gasteiger partial charge in [0.15, 0.2) is 0 Å². The third kappa shape index (κ3) is 4.84. The van der Waals surface area contributed by atoms with Gasteiger partial charge in [0.25, 0.3) is 0 Å². The van der Waals surface area contributed by atoms with Crippen molar-refractivity contribution in [2.45, 2.75) is 25.1 Å². The van der Waals surface area contributed by atoms with E-state index >= 15 is 0 Å². The maximum Gasteiger partial charge on any atom is 0.215 e. The van der Waals surface area contributed by atoms with Gasteiger partial charge in [-0.15, -0.1) is 0 Å². The molecule has 0 amide bonds. The second-order valence-corrected chi connectivity index (χ2v) is 6.64. The number of benzene rings is 1. The van der Waals surface area contributed by atoms with Crippen molar-refractivity contribution < 1.29 is 8.42 Å². The van der Waals surface area contributed by atoms with Gasteiger partial charge in [0.2, 0.25) is 10.0 Å². The Morgan fingerprint density at radius 3 is 2.56 bits per heavy atom. The number of nitrogens with zero attached hydrogens (tertiary/aromatic N) is 1. The van der Waals surface area contributed by atoms with Crippen LogP contribution in [-0.2, 0) is 15.8 Å². The highest BCUT2D eigenvalue weighted by molar-refractivity contribution is 7.88. The van der Waals surface area contributed by atoms with E-state index < -0.39 is 15.6 Å². The van der Waals surface area contributed by atoms with Crippen molar-refractivity contribution in [2.75, 3.05) is 6.54 Å². The molecule has 0 aromatic heterocycles. The van der Waals surface area contributed by atoms with Gasteiger partial charge in [0.1, 0.15) is 0 Å². The van der Waals surface area contributed by atoms with Crippen LogP contribution in [0.3, 0.4) is 0 Å². The molecule has 0 unspecified atom stereocenters. The smallest absolute Gasteiger partial charge is 0.215 e. The van der Waals surface area contributed by atoms with Gasteiger partial charge in [0.05, 0.1) is 17.4 Å². The standard InChI is InChI=1S/C12H17N3O2S/c1-12(2,14)9-15-18(16,17)8-11-6-4-3-5-10(11)7-13/h3-6,15H,8-9,14H2,1-2H3. The van der Waals surface area contributed by atoms with Crippen molar-refractivity contribution in [1.29, 1.82) is 5.26 Å². The van der Waals surface area contributed by atoms with Crippen molar-refractivity contribution in [2.24, 2.45) is 5.73 Å². The summed E-state index contributed by atoms with van der Waals surface area (Å²) in [6.07, 6.45) is 0. The first-order valence-electron chi connectivity index (χ1n) is 5.48. The van der Waals surface area contributed by atoms with Crippen LogP contribution >= 0.6 is 0 Å². The summed E-state index contributed by atoms with van der Waals surface area (Å²) in [7, 11) is -3.48. The average molecular weight is 267 g/mol. The van der Waals surface area contributed by atoms with Crippen LogP contribution < -0.4 is 10.5 Å². The van der Waals surface area contributed by atoms with Crippen LogP contribution in [-0.4, -0.2) is 20.5 Å². The van der Waals surface area contributed by atoms with Crippen molar-refractivity contribution in [3.8, 4) is 6.07 Å². The Labute approximate surface area is 108 Å². The van der Waals surface area contributed by atoms with Gasteiger partial charge in [-0.1, -0.05) is 18.2 Å². The lowest BCUT2D eigenvalue weighted by molar-refractivity contribution is 0.497. The quantitative estimate of drug-likeness (QED) is 0.821. The lowest BCUT2D eigenvalue weighted by Gasteiger charge is -2.19. The minimum absolute atomic E-state index is 0.157. The Morgan fingerprint density at radius 2 is 2.00 bits per heavy atom. The van der Waals surface area contributed by atoms with E-state index in [4.69, 9.17) is 11.0 Å². The molecule has 0 bridgehead atoms. The maximum absolute atomic E-state index is 11.8. The van der Waals surface area contributed by atoms with Gasteiger partial charge in [-0.25, -0.2) is 13.1 Å². The van der Waals surface area contributed by atoms with E-state index in [2.05, 4.69) is 4.72 Å². The summed E-state index contributed by atoms with van der Waals surface area (Å²) in [5, 5.41) is 8.89. The molecule has 1 rings (SSSR count). The van der Waals surface area contributed by atoms with Crippen LogP contribution in [0.5, 0.6) is 0 Å². The molecule has 0 aliphatic carbocycles. The summed E-state index contributed by atoms with van der Waals surface area (Å²) >= 11 is 0. The van der Waals surface area contributed by atoms with Crippen LogP contribution in [0.2, 0.25) is 0 Å². The van der Waals surface area contributed by atoms with Crippen LogP contribution in [0.15, 0.2) is 24.3 Å². The summed E-state index contributed by atoms with van der Waals surface area (Å²) in [6, 6.07) is 8.61. The summed E-state index contributed by atoms with van der Waals surface area (Å²) in [6.45, 7) is 3.63. The molecule has 3 N–H and O–H groups in total. The van der Waals surface area contributed by atoms with Crippen molar-refractivity contribution in [1.82, 2.24) is 4.72 Å². The number of hydrogen-bond donors (Lipinski definition) is 2. The Hall–Kier alpha value is -1.42. The molecule has 5 nitrogen and oxygen atoms in total. The van der Waals surface area contributed by atoms with E-state index in [1.165, 1.54) is 0 Å². The monoisotopic (exact) mass is 267 g/mol. The molecule has 18 heavy (non-hydrogen) atoms. The van der Waals surface area contributed by atoms with E-state index in [9.17, 15) is 8.42 Å². The van der Waals surface area contributed by atoms with E-state index in [1.807, 2.05) is 6.07 Å². The molecule has 0 aliphatic rings. The third-order valence-corrected chi connectivity index (χ3v) is 3.51. The first kappa shape index (κ1) is 14.6. The molecule has 0 saturated heterocycles. The average Bonchev–Trinajstić information content (AvgIpc) is 2.26. The molecule has 6 heteroatoms. The van der Waals surface area contributed by atoms with Gasteiger partial charge in [-0.05, 0) is 25.5 Å². The second-order valence-electron chi connectivity index (χ2n) is 4.84. The summed E-state index contributed by atoms with van der Waals surface area (Å²) in [5.74, 6) is -0.215. The second kappa shape index (κ2) is 5.48. The molecular weight excluding hydrogens is 250 g/mol. The lowest BCUT2D eigenvalue weighted by Crippen LogP contribution is -2.45. The Balaban J connectivity index is 2.81. The number of hydrogen-bond acceptors (Lipinski definition) is 4. The summed E-state index contributed by atoms with van der Waals surface area (Å²) in [4.78, 5) is 0. The molecule has 0 heterocycles. The van der Waals surface area contributed by atoms with Crippen LogP contribution in [0.4, 0.5) is 0 Å². The molecular formula is C12H17N3O2S. The Morgan fingerprint density at radius 1 is 1.39 bits per heavy atom. The van der Waals surface area contributed by atoms with Crippen LogP contribution in [0.1, 0.15) is 25.0 Å². The minimum atomic E-state index is -3.48. The summed E-state index contributed by atoms with van der Waals surface area (Å²) in [5.41, 5.74) is 5.96.